The molecule has 0 saturated heterocycles. The zero-order valence-electron chi connectivity index (χ0n) is 9.92. The van der Waals surface area contributed by atoms with E-state index in [0.717, 1.165) is 19.6 Å². The van der Waals surface area contributed by atoms with Crippen molar-refractivity contribution in [3.05, 3.63) is 0 Å². The highest BCUT2D eigenvalue weighted by molar-refractivity contribution is 4.47. The first-order valence-corrected chi connectivity index (χ1v) is 6.30. The first kappa shape index (κ1) is 14.9. The van der Waals surface area contributed by atoms with E-state index in [1.807, 2.05) is 0 Å². The van der Waals surface area contributed by atoms with Crippen molar-refractivity contribution in [2.75, 3.05) is 26.4 Å². The zero-order valence-corrected chi connectivity index (χ0v) is 9.92. The summed E-state index contributed by atoms with van der Waals surface area (Å²) in [5.41, 5.74) is 5.42. The molecule has 0 unspecified atom stereocenters. The molecular weight excluding hydrogens is 190 g/mol. The fourth-order valence-electron chi connectivity index (χ4n) is 1.58. The van der Waals surface area contributed by atoms with Crippen molar-refractivity contribution in [2.24, 2.45) is 5.73 Å². The lowest BCUT2D eigenvalue weighted by Gasteiger charge is -2.02. The summed E-state index contributed by atoms with van der Waals surface area (Å²) in [7, 11) is 0. The number of rotatable bonds is 12. The SMILES string of the molecule is NCCCCCCCCCCOCCO. The molecule has 3 nitrogen and oxygen atoms in total. The highest BCUT2D eigenvalue weighted by atomic mass is 16.5. The molecule has 92 valence electrons. The van der Waals surface area contributed by atoms with E-state index >= 15 is 0 Å². The molecule has 0 aliphatic heterocycles. The van der Waals surface area contributed by atoms with Gasteiger partial charge in [-0.05, 0) is 19.4 Å². The number of unbranched alkanes of at least 4 members (excludes halogenated alkanes) is 7. The molecule has 0 atom stereocenters. The quantitative estimate of drug-likeness (QED) is 0.492. The Balaban J connectivity index is 2.81. The Morgan fingerprint density at radius 3 is 1.80 bits per heavy atom. The lowest BCUT2D eigenvalue weighted by molar-refractivity contribution is 0.0895. The third-order valence-corrected chi connectivity index (χ3v) is 2.48. The maximum atomic E-state index is 8.48. The van der Waals surface area contributed by atoms with Gasteiger partial charge in [0.2, 0.25) is 0 Å². The minimum absolute atomic E-state index is 0.140. The first-order valence-electron chi connectivity index (χ1n) is 6.30. The average molecular weight is 217 g/mol. The van der Waals surface area contributed by atoms with Crippen LogP contribution in [0.1, 0.15) is 51.4 Å². The van der Waals surface area contributed by atoms with Gasteiger partial charge in [0.15, 0.2) is 0 Å². The van der Waals surface area contributed by atoms with Gasteiger partial charge < -0.3 is 15.6 Å². The number of aliphatic hydroxyl groups excluding tert-OH is 1. The van der Waals surface area contributed by atoms with E-state index in [4.69, 9.17) is 15.6 Å². The molecule has 0 aromatic carbocycles. The Kier molecular flexibility index (Phi) is 13.8. The predicted octanol–water partition coefficient (Wildman–Crippen LogP) is 2.07. The van der Waals surface area contributed by atoms with Gasteiger partial charge in [-0.2, -0.15) is 0 Å². The molecule has 0 amide bonds. The van der Waals surface area contributed by atoms with E-state index in [0.29, 0.717) is 6.61 Å². The molecule has 0 spiro atoms. The van der Waals surface area contributed by atoms with Gasteiger partial charge in [0.25, 0.3) is 0 Å². The Bertz CT molecular complexity index is 97.8. The number of ether oxygens (including phenoxy) is 1. The number of aliphatic hydroxyl groups is 1. The van der Waals surface area contributed by atoms with Crippen LogP contribution in [0.15, 0.2) is 0 Å². The Morgan fingerprint density at radius 1 is 0.733 bits per heavy atom. The van der Waals surface area contributed by atoms with Gasteiger partial charge in [-0.25, -0.2) is 0 Å². The highest BCUT2D eigenvalue weighted by Crippen LogP contribution is 2.08. The second kappa shape index (κ2) is 13.9. The monoisotopic (exact) mass is 217 g/mol. The van der Waals surface area contributed by atoms with E-state index < -0.39 is 0 Å². The van der Waals surface area contributed by atoms with Gasteiger partial charge >= 0.3 is 0 Å². The van der Waals surface area contributed by atoms with Crippen LogP contribution in [0.25, 0.3) is 0 Å². The van der Waals surface area contributed by atoms with Crippen molar-refractivity contribution in [2.45, 2.75) is 51.4 Å². The molecule has 3 heteroatoms. The average Bonchev–Trinajstić information content (AvgIpc) is 2.26. The maximum Gasteiger partial charge on any atom is 0.0697 e. The van der Waals surface area contributed by atoms with Crippen LogP contribution in [0.5, 0.6) is 0 Å². The summed E-state index contributed by atoms with van der Waals surface area (Å²) in [6, 6.07) is 0. The largest absolute Gasteiger partial charge is 0.394 e. The zero-order chi connectivity index (χ0) is 11.2. The number of hydrogen-bond donors (Lipinski definition) is 2. The van der Waals surface area contributed by atoms with Crippen LogP contribution in [0.4, 0.5) is 0 Å². The van der Waals surface area contributed by atoms with E-state index in [-0.39, 0.29) is 6.61 Å². The minimum atomic E-state index is 0.140. The minimum Gasteiger partial charge on any atom is -0.394 e. The lowest BCUT2D eigenvalue weighted by atomic mass is 10.1. The second-order valence-corrected chi connectivity index (χ2v) is 3.95. The lowest BCUT2D eigenvalue weighted by Crippen LogP contribution is -2.00. The second-order valence-electron chi connectivity index (χ2n) is 3.95. The van der Waals surface area contributed by atoms with E-state index in [1.54, 1.807) is 0 Å². The number of hydrogen-bond acceptors (Lipinski definition) is 3. The molecule has 15 heavy (non-hydrogen) atoms. The van der Waals surface area contributed by atoms with Crippen molar-refractivity contribution in [1.82, 2.24) is 0 Å². The summed E-state index contributed by atoms with van der Waals surface area (Å²) in [5.74, 6) is 0. The summed E-state index contributed by atoms with van der Waals surface area (Å²) in [5, 5.41) is 8.48. The molecular formula is C12H27NO2. The fourth-order valence-corrected chi connectivity index (χ4v) is 1.58. The van der Waals surface area contributed by atoms with Crippen molar-refractivity contribution in [3.63, 3.8) is 0 Å². The normalized spacial score (nSPS) is 10.8. The van der Waals surface area contributed by atoms with Gasteiger partial charge in [-0.15, -0.1) is 0 Å². The van der Waals surface area contributed by atoms with Crippen LogP contribution >= 0.6 is 0 Å². The Morgan fingerprint density at radius 2 is 1.27 bits per heavy atom. The summed E-state index contributed by atoms with van der Waals surface area (Å²) < 4.78 is 5.18. The van der Waals surface area contributed by atoms with Crippen molar-refractivity contribution < 1.29 is 9.84 Å². The number of nitrogens with two attached hydrogens (primary N) is 1. The third-order valence-electron chi connectivity index (χ3n) is 2.48. The van der Waals surface area contributed by atoms with E-state index in [9.17, 15) is 0 Å². The van der Waals surface area contributed by atoms with Crippen LogP contribution in [-0.2, 0) is 4.74 Å². The highest BCUT2D eigenvalue weighted by Gasteiger charge is 1.92. The fraction of sp³-hybridized carbons (Fsp3) is 1.00. The van der Waals surface area contributed by atoms with E-state index in [1.165, 1.54) is 44.9 Å². The van der Waals surface area contributed by atoms with Gasteiger partial charge in [0.05, 0.1) is 13.2 Å². The molecule has 0 fully saturated rings. The molecule has 3 N–H and O–H groups in total. The molecule has 0 aliphatic rings. The first-order chi connectivity index (χ1) is 7.41. The molecule has 0 aliphatic carbocycles. The van der Waals surface area contributed by atoms with Gasteiger partial charge in [0, 0.05) is 6.61 Å². The van der Waals surface area contributed by atoms with Gasteiger partial charge in [0.1, 0.15) is 0 Å². The van der Waals surface area contributed by atoms with Crippen LogP contribution in [0, 0.1) is 0 Å². The van der Waals surface area contributed by atoms with Gasteiger partial charge in [-0.1, -0.05) is 38.5 Å². The predicted molar refractivity (Wildman–Crippen MR) is 63.9 cm³/mol. The molecule has 0 aromatic heterocycles. The molecule has 0 radical (unpaired) electrons. The third kappa shape index (κ3) is 13.9. The van der Waals surface area contributed by atoms with Crippen LogP contribution in [0.3, 0.4) is 0 Å². The topological polar surface area (TPSA) is 55.5 Å². The molecule has 0 bridgehead atoms. The summed E-state index contributed by atoms with van der Waals surface area (Å²) in [6.07, 6.45) is 10.2. The molecule has 0 heterocycles. The van der Waals surface area contributed by atoms with Crippen molar-refractivity contribution in [1.29, 1.82) is 0 Å². The summed E-state index contributed by atoms with van der Waals surface area (Å²) >= 11 is 0. The Labute approximate surface area is 94.0 Å². The van der Waals surface area contributed by atoms with Crippen LogP contribution < -0.4 is 5.73 Å². The van der Waals surface area contributed by atoms with E-state index in [2.05, 4.69) is 0 Å². The van der Waals surface area contributed by atoms with Crippen LogP contribution in [0.2, 0.25) is 0 Å². The van der Waals surface area contributed by atoms with Crippen LogP contribution in [-0.4, -0.2) is 31.5 Å². The standard InChI is InChI=1S/C12H27NO2/c13-9-7-5-3-1-2-4-6-8-11-15-12-10-14/h14H,1-13H2. The van der Waals surface area contributed by atoms with Crippen molar-refractivity contribution in [3.8, 4) is 0 Å². The summed E-state index contributed by atoms with van der Waals surface area (Å²) in [4.78, 5) is 0. The molecule has 0 aromatic rings. The van der Waals surface area contributed by atoms with Crippen molar-refractivity contribution >= 4 is 0 Å². The smallest absolute Gasteiger partial charge is 0.0697 e. The maximum absolute atomic E-state index is 8.48. The molecule has 0 saturated carbocycles. The summed E-state index contributed by atoms with van der Waals surface area (Å²) in [6.45, 7) is 2.26. The molecule has 0 rings (SSSR count). The Hall–Kier alpha value is -0.120. The van der Waals surface area contributed by atoms with Gasteiger partial charge in [-0.3, -0.25) is 0 Å².